The van der Waals surface area contributed by atoms with Crippen molar-refractivity contribution in [2.45, 2.75) is 12.2 Å². The van der Waals surface area contributed by atoms with Crippen LogP contribution in [-0.2, 0) is 10.5 Å². The maximum absolute atomic E-state index is 11.8. The molecule has 0 spiro atoms. The number of nitrogens with one attached hydrogen (secondary N) is 1. The number of aromatic nitrogens is 1. The number of carbonyl (C=O) groups excluding carboxylic acids is 1. The first-order valence-corrected chi connectivity index (χ1v) is 10.2. The fourth-order valence-electron chi connectivity index (χ4n) is 1.98. The van der Waals surface area contributed by atoms with Crippen LogP contribution in [0.25, 0.3) is 10.6 Å². The first kappa shape index (κ1) is 16.2. The molecule has 1 N–H and O–H groups in total. The van der Waals surface area contributed by atoms with Crippen molar-refractivity contribution in [1.29, 1.82) is 0 Å². The largest absolute Gasteiger partial charge is 0.326 e. The first-order valence-electron chi connectivity index (χ1n) is 7.21. The lowest BCUT2D eigenvalue weighted by Crippen LogP contribution is -2.12. The van der Waals surface area contributed by atoms with Gasteiger partial charge < -0.3 is 5.32 Å². The molecule has 0 aliphatic heterocycles. The van der Waals surface area contributed by atoms with E-state index in [2.05, 4.69) is 32.5 Å². The summed E-state index contributed by atoms with van der Waals surface area (Å²) in [7, 11) is 0. The van der Waals surface area contributed by atoms with E-state index in [0.29, 0.717) is 6.42 Å². The van der Waals surface area contributed by atoms with Gasteiger partial charge in [-0.15, -0.1) is 11.3 Å². The van der Waals surface area contributed by atoms with Gasteiger partial charge in [0.2, 0.25) is 5.91 Å². The lowest BCUT2D eigenvalue weighted by atomic mass is 10.3. The molecular weight excluding hydrogens is 344 g/mol. The first-order chi connectivity index (χ1) is 11.3. The molecule has 1 amide bonds. The van der Waals surface area contributed by atoms with E-state index in [1.807, 2.05) is 30.3 Å². The van der Waals surface area contributed by atoms with Crippen LogP contribution >= 0.6 is 34.4 Å². The van der Waals surface area contributed by atoms with Crippen LogP contribution in [0.1, 0.15) is 12.1 Å². The molecule has 2 aromatic heterocycles. The fraction of sp³-hybridized carbons (Fsp3) is 0.176. The summed E-state index contributed by atoms with van der Waals surface area (Å²) in [6.07, 6.45) is 0.515. The highest BCUT2D eigenvalue weighted by atomic mass is 32.2. The van der Waals surface area contributed by atoms with E-state index in [1.165, 1.54) is 5.56 Å². The van der Waals surface area contributed by atoms with Crippen molar-refractivity contribution in [1.82, 2.24) is 4.98 Å². The van der Waals surface area contributed by atoms with Gasteiger partial charge in [0, 0.05) is 39.9 Å². The molecule has 0 aliphatic rings. The van der Waals surface area contributed by atoms with Gasteiger partial charge in [0.1, 0.15) is 5.01 Å². The second kappa shape index (κ2) is 8.29. The molecule has 0 saturated heterocycles. The van der Waals surface area contributed by atoms with E-state index in [4.69, 9.17) is 0 Å². The van der Waals surface area contributed by atoms with Crippen LogP contribution in [0, 0.1) is 0 Å². The lowest BCUT2D eigenvalue weighted by molar-refractivity contribution is -0.115. The third-order valence-corrected chi connectivity index (χ3v) is 5.72. The SMILES string of the molecule is O=C(CCSCc1csc(-c2ccsc2)n1)Nc1ccccc1. The number of para-hydroxylation sites is 1. The van der Waals surface area contributed by atoms with Crippen molar-refractivity contribution in [2.75, 3.05) is 11.1 Å². The van der Waals surface area contributed by atoms with Crippen LogP contribution < -0.4 is 5.32 Å². The van der Waals surface area contributed by atoms with Crippen molar-refractivity contribution >= 4 is 46.0 Å². The number of rotatable bonds is 7. The smallest absolute Gasteiger partial charge is 0.225 e. The zero-order valence-electron chi connectivity index (χ0n) is 12.4. The van der Waals surface area contributed by atoms with Gasteiger partial charge in [-0.05, 0) is 23.6 Å². The molecule has 23 heavy (non-hydrogen) atoms. The van der Waals surface area contributed by atoms with Gasteiger partial charge in [-0.2, -0.15) is 23.1 Å². The highest BCUT2D eigenvalue weighted by Gasteiger charge is 2.06. The van der Waals surface area contributed by atoms with E-state index >= 15 is 0 Å². The molecule has 0 unspecified atom stereocenters. The van der Waals surface area contributed by atoms with Crippen LogP contribution in [0.2, 0.25) is 0 Å². The zero-order chi connectivity index (χ0) is 15.9. The predicted molar refractivity (Wildman–Crippen MR) is 101 cm³/mol. The van der Waals surface area contributed by atoms with Crippen LogP contribution in [0.4, 0.5) is 5.69 Å². The molecule has 3 rings (SSSR count). The molecule has 0 atom stereocenters. The number of anilines is 1. The minimum Gasteiger partial charge on any atom is -0.326 e. The number of thiazole rings is 1. The summed E-state index contributed by atoms with van der Waals surface area (Å²) < 4.78 is 0. The second-order valence-electron chi connectivity index (χ2n) is 4.87. The van der Waals surface area contributed by atoms with E-state index in [0.717, 1.165) is 27.9 Å². The second-order valence-corrected chi connectivity index (χ2v) is 7.62. The third kappa shape index (κ3) is 4.92. The van der Waals surface area contributed by atoms with E-state index in [1.54, 1.807) is 34.4 Å². The molecule has 1 aromatic carbocycles. The summed E-state index contributed by atoms with van der Waals surface area (Å²) in [5.74, 6) is 1.70. The molecule has 0 radical (unpaired) electrons. The molecule has 0 fully saturated rings. The Morgan fingerprint density at radius 2 is 2.04 bits per heavy atom. The standard InChI is InChI=1S/C17H16N2OS3/c20-16(18-14-4-2-1-3-5-14)7-9-22-11-15-12-23-17(19-15)13-6-8-21-10-13/h1-6,8,10,12H,7,9,11H2,(H,18,20). The van der Waals surface area contributed by atoms with E-state index in [9.17, 15) is 4.79 Å². The molecule has 6 heteroatoms. The summed E-state index contributed by atoms with van der Waals surface area (Å²) in [6.45, 7) is 0. The van der Waals surface area contributed by atoms with Gasteiger partial charge in [-0.3, -0.25) is 4.79 Å². The minimum atomic E-state index is 0.0564. The highest BCUT2D eigenvalue weighted by molar-refractivity contribution is 7.98. The van der Waals surface area contributed by atoms with Crippen molar-refractivity contribution < 1.29 is 4.79 Å². The Bertz CT molecular complexity index is 738. The van der Waals surface area contributed by atoms with Crippen molar-refractivity contribution in [3.63, 3.8) is 0 Å². The summed E-state index contributed by atoms with van der Waals surface area (Å²) in [4.78, 5) is 16.5. The summed E-state index contributed by atoms with van der Waals surface area (Å²) in [5, 5.41) is 10.3. The number of nitrogens with zero attached hydrogens (tertiary/aromatic N) is 1. The fourth-order valence-corrected chi connectivity index (χ4v) is 4.45. The minimum absolute atomic E-state index is 0.0564. The van der Waals surface area contributed by atoms with Gasteiger partial charge in [0.25, 0.3) is 0 Å². The van der Waals surface area contributed by atoms with Gasteiger partial charge in [-0.25, -0.2) is 4.98 Å². The monoisotopic (exact) mass is 360 g/mol. The molecule has 0 bridgehead atoms. The number of thioether (sulfide) groups is 1. The molecule has 2 heterocycles. The maximum Gasteiger partial charge on any atom is 0.225 e. The zero-order valence-corrected chi connectivity index (χ0v) is 14.8. The topological polar surface area (TPSA) is 42.0 Å². The number of benzene rings is 1. The van der Waals surface area contributed by atoms with Gasteiger partial charge in [-0.1, -0.05) is 18.2 Å². The van der Waals surface area contributed by atoms with Gasteiger partial charge >= 0.3 is 0 Å². The van der Waals surface area contributed by atoms with E-state index in [-0.39, 0.29) is 5.91 Å². The van der Waals surface area contributed by atoms with Crippen LogP contribution in [0.3, 0.4) is 0 Å². The average molecular weight is 361 g/mol. The molecule has 3 nitrogen and oxygen atoms in total. The Hall–Kier alpha value is -1.63. The summed E-state index contributed by atoms with van der Waals surface area (Å²) in [5.41, 5.74) is 3.13. The lowest BCUT2D eigenvalue weighted by Gasteiger charge is -2.04. The predicted octanol–water partition coefficient (Wildman–Crippen LogP) is 5.13. The number of thiophene rings is 1. The highest BCUT2D eigenvalue weighted by Crippen LogP contribution is 2.27. The summed E-state index contributed by atoms with van der Waals surface area (Å²) in [6, 6.07) is 11.6. The third-order valence-electron chi connectivity index (χ3n) is 3.10. The van der Waals surface area contributed by atoms with Crippen molar-refractivity contribution in [3.8, 4) is 10.6 Å². The number of carbonyl (C=O) groups is 1. The number of hydrogen-bond donors (Lipinski definition) is 1. The number of amides is 1. The number of hydrogen-bond acceptors (Lipinski definition) is 5. The van der Waals surface area contributed by atoms with Crippen LogP contribution in [0.5, 0.6) is 0 Å². The Labute approximate surface area is 147 Å². The average Bonchev–Trinajstić information content (AvgIpc) is 3.24. The molecule has 3 aromatic rings. The molecule has 0 aliphatic carbocycles. The maximum atomic E-state index is 11.8. The quantitative estimate of drug-likeness (QED) is 0.594. The molecular formula is C17H16N2OS3. The molecule has 118 valence electrons. The Kier molecular flexibility index (Phi) is 5.85. The van der Waals surface area contributed by atoms with Gasteiger partial charge in [0.15, 0.2) is 0 Å². The summed E-state index contributed by atoms with van der Waals surface area (Å²) >= 11 is 5.10. The molecule has 0 saturated carbocycles. The van der Waals surface area contributed by atoms with Crippen LogP contribution in [0.15, 0.2) is 52.5 Å². The van der Waals surface area contributed by atoms with E-state index < -0.39 is 0 Å². The van der Waals surface area contributed by atoms with Crippen LogP contribution in [-0.4, -0.2) is 16.6 Å². The Morgan fingerprint density at radius 1 is 1.17 bits per heavy atom. The van der Waals surface area contributed by atoms with Gasteiger partial charge in [0.05, 0.1) is 5.69 Å². The Morgan fingerprint density at radius 3 is 2.83 bits per heavy atom. The van der Waals surface area contributed by atoms with Crippen molar-refractivity contribution in [2.24, 2.45) is 0 Å². The van der Waals surface area contributed by atoms with Crippen molar-refractivity contribution in [3.05, 3.63) is 58.2 Å². The normalized spacial score (nSPS) is 10.6. The Balaban J connectivity index is 1.39.